The first-order valence-corrected chi connectivity index (χ1v) is 8.51. The second-order valence-corrected chi connectivity index (χ2v) is 6.63. The van der Waals surface area contributed by atoms with Crippen LogP contribution in [-0.4, -0.2) is 0 Å². The van der Waals surface area contributed by atoms with Crippen molar-refractivity contribution in [3.05, 3.63) is 56.0 Å². The number of benzene rings is 2. The second kappa shape index (κ2) is 6.42. The van der Waals surface area contributed by atoms with Gasteiger partial charge < -0.3 is 4.74 Å². The molecule has 0 bridgehead atoms. The molecule has 0 amide bonds. The SMILES string of the molecule is Cc1cc(Oc2ccc(Br)cc2CBr)cc(C)c1Br. The minimum atomic E-state index is 0.760. The summed E-state index contributed by atoms with van der Waals surface area (Å²) in [6.07, 6.45) is 0. The van der Waals surface area contributed by atoms with E-state index in [0.717, 1.165) is 31.3 Å². The van der Waals surface area contributed by atoms with Crippen molar-refractivity contribution in [1.82, 2.24) is 0 Å². The van der Waals surface area contributed by atoms with Crippen LogP contribution in [0.4, 0.5) is 0 Å². The minimum Gasteiger partial charge on any atom is -0.457 e. The largest absolute Gasteiger partial charge is 0.457 e. The van der Waals surface area contributed by atoms with Crippen LogP contribution in [0.15, 0.2) is 39.3 Å². The van der Waals surface area contributed by atoms with Crippen molar-refractivity contribution in [2.75, 3.05) is 0 Å². The Balaban J connectivity index is 2.36. The van der Waals surface area contributed by atoms with Gasteiger partial charge in [0.05, 0.1) is 0 Å². The minimum absolute atomic E-state index is 0.760. The summed E-state index contributed by atoms with van der Waals surface area (Å²) in [4.78, 5) is 0. The van der Waals surface area contributed by atoms with Crippen LogP contribution in [-0.2, 0) is 5.33 Å². The number of hydrogen-bond acceptors (Lipinski definition) is 1. The molecule has 100 valence electrons. The lowest BCUT2D eigenvalue weighted by Gasteiger charge is -2.12. The van der Waals surface area contributed by atoms with Gasteiger partial charge in [-0.2, -0.15) is 0 Å². The Kier molecular flexibility index (Phi) is 5.09. The van der Waals surface area contributed by atoms with Crippen LogP contribution < -0.4 is 4.74 Å². The summed E-state index contributed by atoms with van der Waals surface area (Å²) < 4.78 is 8.19. The molecule has 0 aromatic heterocycles. The van der Waals surface area contributed by atoms with Gasteiger partial charge in [0.25, 0.3) is 0 Å². The van der Waals surface area contributed by atoms with Crippen molar-refractivity contribution in [1.29, 1.82) is 0 Å². The fourth-order valence-electron chi connectivity index (χ4n) is 1.84. The van der Waals surface area contributed by atoms with E-state index in [1.165, 1.54) is 11.1 Å². The van der Waals surface area contributed by atoms with Crippen LogP contribution in [0.25, 0.3) is 0 Å². The Labute approximate surface area is 138 Å². The van der Waals surface area contributed by atoms with Crippen molar-refractivity contribution in [2.24, 2.45) is 0 Å². The molecule has 0 saturated carbocycles. The number of rotatable bonds is 3. The molecule has 0 aliphatic rings. The third kappa shape index (κ3) is 3.61. The van der Waals surface area contributed by atoms with E-state index >= 15 is 0 Å². The van der Waals surface area contributed by atoms with Crippen molar-refractivity contribution in [3.8, 4) is 11.5 Å². The molecule has 0 fully saturated rings. The van der Waals surface area contributed by atoms with Crippen molar-refractivity contribution < 1.29 is 4.74 Å². The van der Waals surface area contributed by atoms with E-state index in [2.05, 4.69) is 67.7 Å². The van der Waals surface area contributed by atoms with Gasteiger partial charge in [-0.05, 0) is 55.3 Å². The predicted molar refractivity (Wildman–Crippen MR) is 90.5 cm³/mol. The summed E-state index contributed by atoms with van der Waals surface area (Å²) in [7, 11) is 0. The van der Waals surface area contributed by atoms with E-state index in [9.17, 15) is 0 Å². The van der Waals surface area contributed by atoms with Gasteiger partial charge in [-0.1, -0.05) is 47.8 Å². The average Bonchev–Trinajstić information content (AvgIpc) is 2.38. The molecule has 0 heterocycles. The number of alkyl halides is 1. The predicted octanol–water partition coefficient (Wildman–Crippen LogP) is 6.52. The molecule has 0 radical (unpaired) electrons. The Morgan fingerprint density at radius 1 is 1.00 bits per heavy atom. The molecule has 2 aromatic rings. The molecule has 0 spiro atoms. The fraction of sp³-hybridized carbons (Fsp3) is 0.200. The summed E-state index contributed by atoms with van der Waals surface area (Å²) in [6.45, 7) is 4.13. The summed E-state index contributed by atoms with van der Waals surface area (Å²) >= 11 is 10.5. The Bertz CT molecular complexity index is 585. The van der Waals surface area contributed by atoms with Crippen molar-refractivity contribution >= 4 is 47.8 Å². The van der Waals surface area contributed by atoms with Gasteiger partial charge in [0.1, 0.15) is 11.5 Å². The molecule has 4 heteroatoms. The quantitative estimate of drug-likeness (QED) is 0.486. The van der Waals surface area contributed by atoms with E-state index in [1.807, 2.05) is 24.3 Å². The van der Waals surface area contributed by atoms with Gasteiger partial charge in [0.2, 0.25) is 0 Å². The lowest BCUT2D eigenvalue weighted by atomic mass is 10.1. The van der Waals surface area contributed by atoms with Gasteiger partial charge in [-0.25, -0.2) is 0 Å². The molecule has 0 unspecified atom stereocenters. The molecule has 2 rings (SSSR count). The van der Waals surface area contributed by atoms with Crippen LogP contribution >= 0.6 is 47.8 Å². The second-order valence-electron chi connectivity index (χ2n) is 4.36. The van der Waals surface area contributed by atoms with E-state index in [0.29, 0.717) is 0 Å². The summed E-state index contributed by atoms with van der Waals surface area (Å²) in [5.41, 5.74) is 3.47. The number of hydrogen-bond donors (Lipinski definition) is 0. The lowest BCUT2D eigenvalue weighted by Crippen LogP contribution is -1.92. The first-order valence-electron chi connectivity index (χ1n) is 5.80. The molecular weight excluding hydrogens is 436 g/mol. The average molecular weight is 449 g/mol. The molecule has 19 heavy (non-hydrogen) atoms. The summed E-state index contributed by atoms with van der Waals surface area (Å²) in [5.74, 6) is 1.74. The molecule has 0 saturated heterocycles. The maximum absolute atomic E-state index is 6.00. The van der Waals surface area contributed by atoms with Crippen molar-refractivity contribution in [3.63, 3.8) is 0 Å². The van der Waals surface area contributed by atoms with E-state index in [-0.39, 0.29) is 0 Å². The van der Waals surface area contributed by atoms with Crippen LogP contribution in [0.1, 0.15) is 16.7 Å². The highest BCUT2D eigenvalue weighted by atomic mass is 79.9. The highest BCUT2D eigenvalue weighted by molar-refractivity contribution is 9.11. The van der Waals surface area contributed by atoms with Gasteiger partial charge in [-0.15, -0.1) is 0 Å². The van der Waals surface area contributed by atoms with E-state index < -0.39 is 0 Å². The summed E-state index contributed by atoms with van der Waals surface area (Å²) in [5, 5.41) is 0.760. The highest BCUT2D eigenvalue weighted by Gasteiger charge is 2.08. The standard InChI is InChI=1S/C15H13Br3O/c1-9-5-13(6-10(2)15(9)18)19-14-4-3-12(17)7-11(14)8-16/h3-7H,8H2,1-2H3. The van der Waals surface area contributed by atoms with Crippen LogP contribution in [0.2, 0.25) is 0 Å². The van der Waals surface area contributed by atoms with Crippen LogP contribution in [0, 0.1) is 13.8 Å². The first-order chi connectivity index (χ1) is 9.01. The summed E-state index contributed by atoms with van der Waals surface area (Å²) in [6, 6.07) is 10.1. The van der Waals surface area contributed by atoms with Gasteiger partial charge in [-0.3, -0.25) is 0 Å². The Hall–Kier alpha value is -0.320. The van der Waals surface area contributed by atoms with Gasteiger partial charge in [0, 0.05) is 19.8 Å². The molecule has 2 aromatic carbocycles. The zero-order valence-corrected chi connectivity index (χ0v) is 15.4. The topological polar surface area (TPSA) is 9.23 Å². The maximum atomic E-state index is 6.00. The zero-order valence-electron chi connectivity index (χ0n) is 10.6. The Morgan fingerprint density at radius 3 is 2.21 bits per heavy atom. The maximum Gasteiger partial charge on any atom is 0.131 e. The van der Waals surface area contributed by atoms with Crippen LogP contribution in [0.3, 0.4) is 0 Å². The fourth-order valence-corrected chi connectivity index (χ4v) is 2.92. The number of halogens is 3. The molecule has 0 atom stereocenters. The van der Waals surface area contributed by atoms with Gasteiger partial charge in [0.15, 0.2) is 0 Å². The van der Waals surface area contributed by atoms with E-state index in [4.69, 9.17) is 4.74 Å². The Morgan fingerprint density at radius 2 is 1.63 bits per heavy atom. The molecule has 1 nitrogen and oxygen atoms in total. The number of ether oxygens (including phenoxy) is 1. The molecule has 0 N–H and O–H groups in total. The normalized spacial score (nSPS) is 10.6. The van der Waals surface area contributed by atoms with Crippen LogP contribution in [0.5, 0.6) is 11.5 Å². The zero-order chi connectivity index (χ0) is 14.0. The van der Waals surface area contributed by atoms with Gasteiger partial charge >= 0.3 is 0 Å². The molecule has 0 aliphatic carbocycles. The monoisotopic (exact) mass is 446 g/mol. The lowest BCUT2D eigenvalue weighted by molar-refractivity contribution is 0.477. The molecular formula is C15H13Br3O. The van der Waals surface area contributed by atoms with E-state index in [1.54, 1.807) is 0 Å². The third-order valence-corrected chi connectivity index (χ3v) is 5.15. The number of aryl methyl sites for hydroxylation is 2. The first kappa shape index (κ1) is 15.1. The third-order valence-electron chi connectivity index (χ3n) is 2.80. The smallest absolute Gasteiger partial charge is 0.131 e. The van der Waals surface area contributed by atoms with Crippen molar-refractivity contribution in [2.45, 2.75) is 19.2 Å². The molecule has 0 aliphatic heterocycles. The highest BCUT2D eigenvalue weighted by Crippen LogP contribution is 2.32.